The normalized spacial score (nSPS) is 11.5. The highest BCUT2D eigenvalue weighted by Crippen LogP contribution is 2.18. The van der Waals surface area contributed by atoms with Crippen molar-refractivity contribution in [1.29, 1.82) is 0 Å². The van der Waals surface area contributed by atoms with Crippen LogP contribution in [0.4, 0.5) is 0 Å². The maximum Gasteiger partial charge on any atom is 0.0609 e. The standard InChI is InChI=1S/C14H23NO2/c1-10-5-6-13(12(3)11(10)2)7-15(4)14(8-16)9-17/h5-6,14,16-17H,7-9H2,1-4H3. The van der Waals surface area contributed by atoms with E-state index in [0.29, 0.717) is 0 Å². The molecule has 0 aliphatic carbocycles. The number of rotatable bonds is 5. The van der Waals surface area contributed by atoms with Crippen molar-refractivity contribution in [2.45, 2.75) is 33.4 Å². The van der Waals surface area contributed by atoms with Crippen LogP contribution in [0.5, 0.6) is 0 Å². The van der Waals surface area contributed by atoms with Crippen LogP contribution >= 0.6 is 0 Å². The first-order chi connectivity index (χ1) is 8.01. The van der Waals surface area contributed by atoms with Crippen molar-refractivity contribution >= 4 is 0 Å². The van der Waals surface area contributed by atoms with Gasteiger partial charge in [0.05, 0.1) is 19.3 Å². The third-order valence-electron chi connectivity index (χ3n) is 3.63. The predicted octanol–water partition coefficient (Wildman–Crippen LogP) is 1.40. The van der Waals surface area contributed by atoms with E-state index < -0.39 is 0 Å². The summed E-state index contributed by atoms with van der Waals surface area (Å²) in [5.74, 6) is 0. The average molecular weight is 237 g/mol. The van der Waals surface area contributed by atoms with Crippen molar-refractivity contribution in [1.82, 2.24) is 4.90 Å². The van der Waals surface area contributed by atoms with Crippen molar-refractivity contribution in [2.75, 3.05) is 20.3 Å². The lowest BCUT2D eigenvalue weighted by Gasteiger charge is -2.25. The van der Waals surface area contributed by atoms with E-state index in [2.05, 4.69) is 32.9 Å². The SMILES string of the molecule is Cc1ccc(CN(C)C(CO)CO)c(C)c1C. The molecule has 96 valence electrons. The molecule has 0 atom stereocenters. The van der Waals surface area contributed by atoms with Gasteiger partial charge in [0.2, 0.25) is 0 Å². The van der Waals surface area contributed by atoms with Crippen LogP contribution in [-0.4, -0.2) is 41.4 Å². The van der Waals surface area contributed by atoms with Crippen molar-refractivity contribution in [3.05, 3.63) is 34.4 Å². The molecule has 0 aliphatic rings. The van der Waals surface area contributed by atoms with Gasteiger partial charge in [0.15, 0.2) is 0 Å². The van der Waals surface area contributed by atoms with Crippen molar-refractivity contribution < 1.29 is 10.2 Å². The van der Waals surface area contributed by atoms with Gasteiger partial charge in [0, 0.05) is 6.54 Å². The number of nitrogens with zero attached hydrogens (tertiary/aromatic N) is 1. The smallest absolute Gasteiger partial charge is 0.0609 e. The lowest BCUT2D eigenvalue weighted by atomic mass is 9.98. The Hall–Kier alpha value is -0.900. The van der Waals surface area contributed by atoms with Crippen LogP contribution in [0.3, 0.4) is 0 Å². The van der Waals surface area contributed by atoms with Gasteiger partial charge in [-0.25, -0.2) is 0 Å². The van der Waals surface area contributed by atoms with E-state index in [1.54, 1.807) is 0 Å². The van der Waals surface area contributed by atoms with E-state index in [-0.39, 0.29) is 19.3 Å². The molecule has 1 aromatic rings. The third-order valence-corrected chi connectivity index (χ3v) is 3.63. The summed E-state index contributed by atoms with van der Waals surface area (Å²) in [6, 6.07) is 4.06. The van der Waals surface area contributed by atoms with Gasteiger partial charge < -0.3 is 10.2 Å². The van der Waals surface area contributed by atoms with E-state index >= 15 is 0 Å². The molecule has 0 saturated heterocycles. The predicted molar refractivity (Wildman–Crippen MR) is 70.1 cm³/mol. The van der Waals surface area contributed by atoms with E-state index in [0.717, 1.165) is 6.54 Å². The topological polar surface area (TPSA) is 43.7 Å². The van der Waals surface area contributed by atoms with E-state index in [1.807, 2.05) is 11.9 Å². The zero-order valence-electron chi connectivity index (χ0n) is 11.2. The highest BCUT2D eigenvalue weighted by Gasteiger charge is 2.14. The first-order valence-electron chi connectivity index (χ1n) is 5.98. The van der Waals surface area contributed by atoms with Crippen LogP contribution in [0.1, 0.15) is 22.3 Å². The second-order valence-electron chi connectivity index (χ2n) is 4.73. The van der Waals surface area contributed by atoms with Gasteiger partial charge >= 0.3 is 0 Å². The van der Waals surface area contributed by atoms with Crippen molar-refractivity contribution in [3.63, 3.8) is 0 Å². The van der Waals surface area contributed by atoms with Crippen LogP contribution < -0.4 is 0 Å². The molecule has 0 spiro atoms. The molecule has 0 radical (unpaired) electrons. The molecule has 0 amide bonds. The summed E-state index contributed by atoms with van der Waals surface area (Å²) < 4.78 is 0. The zero-order valence-corrected chi connectivity index (χ0v) is 11.2. The molecule has 0 fully saturated rings. The quantitative estimate of drug-likeness (QED) is 0.813. The Morgan fingerprint density at radius 1 is 1.06 bits per heavy atom. The van der Waals surface area contributed by atoms with Crippen LogP contribution in [0.25, 0.3) is 0 Å². The summed E-state index contributed by atoms with van der Waals surface area (Å²) >= 11 is 0. The lowest BCUT2D eigenvalue weighted by molar-refractivity contribution is 0.0872. The Balaban J connectivity index is 2.85. The van der Waals surface area contributed by atoms with Gasteiger partial charge in [0.1, 0.15) is 0 Å². The number of likely N-dealkylation sites (N-methyl/N-ethyl adjacent to an activating group) is 1. The summed E-state index contributed by atoms with van der Waals surface area (Å²) in [4.78, 5) is 1.98. The van der Waals surface area contributed by atoms with Gasteiger partial charge in [-0.05, 0) is 50.1 Å². The second-order valence-corrected chi connectivity index (χ2v) is 4.73. The Bertz CT molecular complexity index is 373. The summed E-state index contributed by atoms with van der Waals surface area (Å²) in [5.41, 5.74) is 5.17. The summed E-state index contributed by atoms with van der Waals surface area (Å²) in [6.07, 6.45) is 0. The molecule has 1 aromatic carbocycles. The fourth-order valence-corrected chi connectivity index (χ4v) is 1.92. The maximum atomic E-state index is 9.14. The highest BCUT2D eigenvalue weighted by atomic mass is 16.3. The fraction of sp³-hybridized carbons (Fsp3) is 0.571. The first kappa shape index (κ1) is 14.2. The number of aliphatic hydroxyl groups is 2. The largest absolute Gasteiger partial charge is 0.395 e. The molecule has 0 heterocycles. The molecule has 1 rings (SSSR count). The van der Waals surface area contributed by atoms with E-state index in [9.17, 15) is 0 Å². The molecule has 0 aliphatic heterocycles. The molecule has 17 heavy (non-hydrogen) atoms. The van der Waals surface area contributed by atoms with Crippen LogP contribution in [-0.2, 0) is 6.54 Å². The van der Waals surface area contributed by atoms with Crippen LogP contribution in [0.2, 0.25) is 0 Å². The number of aliphatic hydroxyl groups excluding tert-OH is 2. The Morgan fingerprint density at radius 3 is 2.18 bits per heavy atom. The molecule has 3 nitrogen and oxygen atoms in total. The highest BCUT2D eigenvalue weighted by molar-refractivity contribution is 5.38. The minimum atomic E-state index is -0.184. The molecule has 3 heteroatoms. The van der Waals surface area contributed by atoms with Gasteiger partial charge in [-0.15, -0.1) is 0 Å². The molecule has 0 aromatic heterocycles. The van der Waals surface area contributed by atoms with Crippen LogP contribution in [0.15, 0.2) is 12.1 Å². The first-order valence-corrected chi connectivity index (χ1v) is 5.98. The molecule has 0 saturated carbocycles. The maximum absolute atomic E-state index is 9.14. The summed E-state index contributed by atoms with van der Waals surface area (Å²) in [7, 11) is 1.92. The number of hydrogen-bond donors (Lipinski definition) is 2. The Morgan fingerprint density at radius 2 is 1.65 bits per heavy atom. The van der Waals surface area contributed by atoms with E-state index in [4.69, 9.17) is 10.2 Å². The number of hydrogen-bond acceptors (Lipinski definition) is 3. The van der Waals surface area contributed by atoms with Gasteiger partial charge in [-0.3, -0.25) is 4.90 Å². The lowest BCUT2D eigenvalue weighted by Crippen LogP contribution is -2.37. The number of benzene rings is 1. The molecular weight excluding hydrogens is 214 g/mol. The van der Waals surface area contributed by atoms with Crippen molar-refractivity contribution in [2.24, 2.45) is 0 Å². The van der Waals surface area contributed by atoms with Crippen molar-refractivity contribution in [3.8, 4) is 0 Å². The zero-order chi connectivity index (χ0) is 13.0. The average Bonchev–Trinajstić information content (AvgIpc) is 2.31. The van der Waals surface area contributed by atoms with Gasteiger partial charge in [-0.2, -0.15) is 0 Å². The molecule has 0 unspecified atom stereocenters. The van der Waals surface area contributed by atoms with Gasteiger partial charge in [-0.1, -0.05) is 12.1 Å². The molecular formula is C14H23NO2. The minimum Gasteiger partial charge on any atom is -0.395 e. The third kappa shape index (κ3) is 3.28. The van der Waals surface area contributed by atoms with Gasteiger partial charge in [0.25, 0.3) is 0 Å². The summed E-state index contributed by atoms with van der Waals surface area (Å²) in [6.45, 7) is 7.08. The Kier molecular flexibility index (Phi) is 5.12. The van der Waals surface area contributed by atoms with Crippen LogP contribution in [0, 0.1) is 20.8 Å². The minimum absolute atomic E-state index is 0.0170. The molecule has 2 N–H and O–H groups in total. The number of aryl methyl sites for hydroxylation is 1. The monoisotopic (exact) mass is 237 g/mol. The van der Waals surface area contributed by atoms with E-state index in [1.165, 1.54) is 22.3 Å². The molecule has 0 bridgehead atoms. The second kappa shape index (κ2) is 6.15. The fourth-order valence-electron chi connectivity index (χ4n) is 1.92. The Labute approximate surface area is 104 Å². The summed E-state index contributed by atoms with van der Waals surface area (Å²) in [5, 5.41) is 18.3.